The Bertz CT molecular complexity index is 580. The second-order valence-electron chi connectivity index (χ2n) is 5.64. The summed E-state index contributed by atoms with van der Waals surface area (Å²) in [5.74, 6) is 0. The van der Waals surface area contributed by atoms with Crippen LogP contribution in [-0.2, 0) is 11.2 Å². The number of thiophene rings is 1. The van der Waals surface area contributed by atoms with Gasteiger partial charge in [0.25, 0.3) is 0 Å². The first-order chi connectivity index (χ1) is 10.7. The SMILES string of the molecule is CC=CC(=CC=C(C)CC)c1csc2c1C(CNC)OCC2. The predicted octanol–water partition coefficient (Wildman–Crippen LogP) is 4.90. The van der Waals surface area contributed by atoms with Gasteiger partial charge in [0.15, 0.2) is 0 Å². The van der Waals surface area contributed by atoms with Gasteiger partial charge in [0.1, 0.15) is 0 Å². The number of ether oxygens (including phenoxy) is 1. The molecule has 2 heterocycles. The quantitative estimate of drug-likeness (QED) is 0.754. The Hall–Kier alpha value is -1.16. The zero-order chi connectivity index (χ0) is 15.9. The summed E-state index contributed by atoms with van der Waals surface area (Å²) in [7, 11) is 1.99. The minimum Gasteiger partial charge on any atom is -0.372 e. The average molecular weight is 317 g/mol. The lowest BCUT2D eigenvalue weighted by atomic mass is 9.95. The maximum atomic E-state index is 6.00. The molecule has 1 aliphatic heterocycles. The fraction of sp³-hybridized carbons (Fsp3) is 0.474. The molecule has 1 unspecified atom stereocenters. The second-order valence-corrected chi connectivity index (χ2v) is 6.61. The molecule has 1 aromatic rings. The highest BCUT2D eigenvalue weighted by Crippen LogP contribution is 2.38. The molecule has 1 aromatic heterocycles. The van der Waals surface area contributed by atoms with Crippen molar-refractivity contribution < 1.29 is 4.74 Å². The molecular formula is C19H27NOS. The number of rotatable bonds is 6. The molecule has 0 saturated heterocycles. The fourth-order valence-electron chi connectivity index (χ4n) is 2.67. The van der Waals surface area contributed by atoms with Crippen LogP contribution in [0.1, 0.15) is 49.3 Å². The molecule has 120 valence electrons. The van der Waals surface area contributed by atoms with Gasteiger partial charge in [-0.2, -0.15) is 0 Å². The van der Waals surface area contributed by atoms with Crippen LogP contribution < -0.4 is 5.32 Å². The summed E-state index contributed by atoms with van der Waals surface area (Å²) >= 11 is 1.87. The zero-order valence-corrected chi connectivity index (χ0v) is 14.9. The molecule has 0 spiro atoms. The zero-order valence-electron chi connectivity index (χ0n) is 14.1. The first kappa shape index (κ1) is 17.2. The molecule has 1 N–H and O–H groups in total. The molecule has 0 fully saturated rings. The van der Waals surface area contributed by atoms with Gasteiger partial charge >= 0.3 is 0 Å². The fourth-order valence-corrected chi connectivity index (χ4v) is 3.76. The van der Waals surface area contributed by atoms with Gasteiger partial charge < -0.3 is 10.1 Å². The number of fused-ring (bicyclic) bond motifs is 1. The van der Waals surface area contributed by atoms with E-state index in [1.165, 1.54) is 27.2 Å². The molecule has 0 aliphatic carbocycles. The molecule has 0 saturated carbocycles. The van der Waals surface area contributed by atoms with E-state index in [1.54, 1.807) is 0 Å². The van der Waals surface area contributed by atoms with E-state index in [0.717, 1.165) is 26.0 Å². The molecule has 2 nitrogen and oxygen atoms in total. The third-order valence-electron chi connectivity index (χ3n) is 4.03. The van der Waals surface area contributed by atoms with Crippen LogP contribution in [0.4, 0.5) is 0 Å². The number of likely N-dealkylation sites (N-methyl/N-ethyl adjacent to an activating group) is 1. The molecule has 22 heavy (non-hydrogen) atoms. The van der Waals surface area contributed by atoms with Crippen molar-refractivity contribution in [2.75, 3.05) is 20.2 Å². The highest BCUT2D eigenvalue weighted by molar-refractivity contribution is 7.10. The molecule has 3 heteroatoms. The highest BCUT2D eigenvalue weighted by atomic mass is 32.1. The van der Waals surface area contributed by atoms with Gasteiger partial charge in [0.05, 0.1) is 12.7 Å². The maximum Gasteiger partial charge on any atom is 0.0965 e. The first-order valence-electron chi connectivity index (χ1n) is 8.08. The Balaban J connectivity index is 2.43. The van der Waals surface area contributed by atoms with Crippen LogP contribution in [-0.4, -0.2) is 20.2 Å². The smallest absolute Gasteiger partial charge is 0.0965 e. The maximum absolute atomic E-state index is 6.00. The van der Waals surface area contributed by atoms with E-state index in [1.807, 2.05) is 18.4 Å². The van der Waals surface area contributed by atoms with Crippen LogP contribution in [0.3, 0.4) is 0 Å². The lowest BCUT2D eigenvalue weighted by Gasteiger charge is -2.25. The normalized spacial score (nSPS) is 19.7. The lowest BCUT2D eigenvalue weighted by molar-refractivity contribution is 0.0449. The summed E-state index contributed by atoms with van der Waals surface area (Å²) in [6, 6.07) is 0. The molecule has 1 atom stereocenters. The summed E-state index contributed by atoms with van der Waals surface area (Å²) in [5, 5.41) is 5.55. The van der Waals surface area contributed by atoms with Crippen LogP contribution in [0.5, 0.6) is 0 Å². The molecule has 2 rings (SSSR count). The Morgan fingerprint density at radius 3 is 2.95 bits per heavy atom. The summed E-state index contributed by atoms with van der Waals surface area (Å²) in [5.41, 5.74) is 5.39. The molecular weight excluding hydrogens is 290 g/mol. The van der Waals surface area contributed by atoms with E-state index in [0.29, 0.717) is 0 Å². The van der Waals surface area contributed by atoms with Crippen LogP contribution in [0.2, 0.25) is 0 Å². The summed E-state index contributed by atoms with van der Waals surface area (Å²) in [6.45, 7) is 8.14. The number of hydrogen-bond acceptors (Lipinski definition) is 3. The average Bonchev–Trinajstić information content (AvgIpc) is 2.96. The molecule has 0 bridgehead atoms. The highest BCUT2D eigenvalue weighted by Gasteiger charge is 2.26. The Morgan fingerprint density at radius 2 is 2.27 bits per heavy atom. The summed E-state index contributed by atoms with van der Waals surface area (Å²) in [6.07, 6.45) is 11.1. The van der Waals surface area contributed by atoms with Crippen LogP contribution >= 0.6 is 11.3 Å². The Morgan fingerprint density at radius 1 is 1.45 bits per heavy atom. The van der Waals surface area contributed by atoms with Gasteiger partial charge in [-0.25, -0.2) is 0 Å². The summed E-state index contributed by atoms with van der Waals surface area (Å²) in [4.78, 5) is 1.48. The van der Waals surface area contributed by atoms with Crippen molar-refractivity contribution in [1.82, 2.24) is 5.32 Å². The first-order valence-corrected chi connectivity index (χ1v) is 8.96. The standard InChI is InChI=1S/C19H27NOS/c1-5-7-15(9-8-14(3)6-2)16-13-22-18-10-11-21-17(12-20-4)19(16)18/h5,7-9,13,17,20H,6,10-12H2,1-4H3. The number of nitrogens with one attached hydrogen (secondary N) is 1. The van der Waals surface area contributed by atoms with E-state index in [-0.39, 0.29) is 6.10 Å². The van der Waals surface area contributed by atoms with Gasteiger partial charge in [0.2, 0.25) is 0 Å². The van der Waals surface area contributed by atoms with E-state index in [4.69, 9.17) is 4.74 Å². The van der Waals surface area contributed by atoms with E-state index in [2.05, 4.69) is 55.8 Å². The minimum atomic E-state index is 0.167. The molecule has 0 radical (unpaired) electrons. The third-order valence-corrected chi connectivity index (χ3v) is 5.09. The monoisotopic (exact) mass is 317 g/mol. The van der Waals surface area contributed by atoms with Gasteiger partial charge in [-0.3, -0.25) is 0 Å². The van der Waals surface area contributed by atoms with Gasteiger partial charge in [0, 0.05) is 23.4 Å². The van der Waals surface area contributed by atoms with Gasteiger partial charge in [-0.1, -0.05) is 36.8 Å². The predicted molar refractivity (Wildman–Crippen MR) is 97.5 cm³/mol. The third kappa shape index (κ3) is 3.97. The van der Waals surface area contributed by atoms with Crippen LogP contribution in [0.15, 0.2) is 35.3 Å². The minimum absolute atomic E-state index is 0.167. The molecule has 1 aliphatic rings. The van der Waals surface area contributed by atoms with Crippen molar-refractivity contribution in [3.05, 3.63) is 51.3 Å². The van der Waals surface area contributed by atoms with Crippen molar-refractivity contribution in [2.45, 2.75) is 39.7 Å². The molecule has 0 amide bonds. The lowest BCUT2D eigenvalue weighted by Crippen LogP contribution is -2.25. The number of allylic oxidation sites excluding steroid dienone is 6. The van der Waals surface area contributed by atoms with Gasteiger partial charge in [-0.05, 0) is 43.8 Å². The summed E-state index contributed by atoms with van der Waals surface area (Å²) < 4.78 is 6.00. The Kier molecular flexibility index (Phi) is 6.62. The van der Waals surface area contributed by atoms with E-state index < -0.39 is 0 Å². The van der Waals surface area contributed by atoms with Crippen LogP contribution in [0, 0.1) is 0 Å². The van der Waals surface area contributed by atoms with Crippen molar-refractivity contribution in [3.63, 3.8) is 0 Å². The van der Waals surface area contributed by atoms with Crippen molar-refractivity contribution in [1.29, 1.82) is 0 Å². The number of hydrogen-bond donors (Lipinski definition) is 1. The van der Waals surface area contributed by atoms with E-state index >= 15 is 0 Å². The van der Waals surface area contributed by atoms with E-state index in [9.17, 15) is 0 Å². The Labute approximate surface area is 138 Å². The van der Waals surface area contributed by atoms with Crippen molar-refractivity contribution in [3.8, 4) is 0 Å². The second kappa shape index (κ2) is 8.47. The van der Waals surface area contributed by atoms with Crippen LogP contribution in [0.25, 0.3) is 5.57 Å². The van der Waals surface area contributed by atoms with Gasteiger partial charge in [-0.15, -0.1) is 11.3 Å². The molecule has 0 aromatic carbocycles. The van der Waals surface area contributed by atoms with Crippen molar-refractivity contribution in [2.24, 2.45) is 0 Å². The van der Waals surface area contributed by atoms with Crippen molar-refractivity contribution >= 4 is 16.9 Å². The largest absolute Gasteiger partial charge is 0.372 e. The topological polar surface area (TPSA) is 21.3 Å².